The van der Waals surface area contributed by atoms with Crippen molar-refractivity contribution in [3.8, 4) is 5.69 Å². The molecule has 0 atom stereocenters. The number of nitrogens with one attached hydrogen (secondary N) is 2. The fourth-order valence-electron chi connectivity index (χ4n) is 4.61. The summed E-state index contributed by atoms with van der Waals surface area (Å²) in [5.74, 6) is -1.76. The van der Waals surface area contributed by atoms with Crippen LogP contribution in [-0.4, -0.2) is 51.5 Å². The first kappa shape index (κ1) is 33.3. The van der Waals surface area contributed by atoms with Crippen LogP contribution in [0.3, 0.4) is 0 Å². The molecule has 14 heteroatoms. The lowest BCUT2D eigenvalue weighted by Crippen LogP contribution is -2.37. The van der Waals surface area contributed by atoms with Gasteiger partial charge in [0.05, 0.1) is 18.0 Å². The molecule has 2 heterocycles. The smallest absolute Gasteiger partial charge is 0.435 e. The molecule has 0 bridgehead atoms. The number of carbonyl (C=O) groups is 3. The van der Waals surface area contributed by atoms with E-state index in [9.17, 15) is 27.6 Å². The maximum atomic E-state index is 15.5. The maximum absolute atomic E-state index is 15.5. The van der Waals surface area contributed by atoms with E-state index in [2.05, 4.69) is 15.7 Å². The topological polar surface area (TPSA) is 115 Å². The fourth-order valence-corrected chi connectivity index (χ4v) is 4.61. The van der Waals surface area contributed by atoms with Crippen molar-refractivity contribution in [2.24, 2.45) is 0 Å². The van der Waals surface area contributed by atoms with Crippen molar-refractivity contribution in [1.82, 2.24) is 20.0 Å². The molecular weight excluding hydrogens is 598 g/mol. The molecule has 0 aliphatic carbocycles. The Hall–Kier alpha value is -4.62. The summed E-state index contributed by atoms with van der Waals surface area (Å²) in [5, 5.41) is 8.56. The number of amides is 3. The molecule has 0 fully saturated rings. The number of carbonyl (C=O) groups excluding carboxylic acids is 3. The van der Waals surface area contributed by atoms with Gasteiger partial charge in [-0.15, -0.1) is 0 Å². The van der Waals surface area contributed by atoms with Crippen LogP contribution in [-0.2, 0) is 35.2 Å². The summed E-state index contributed by atoms with van der Waals surface area (Å²) in [7, 11) is 0. The average Bonchev–Trinajstić information content (AvgIpc) is 3.44. The fraction of sp³-hybridized carbons (Fsp3) is 0.419. The monoisotopic (exact) mass is 633 g/mol. The maximum Gasteiger partial charge on any atom is 0.435 e. The number of fused-ring (bicyclic) bond motifs is 1. The van der Waals surface area contributed by atoms with Crippen molar-refractivity contribution in [2.75, 3.05) is 18.5 Å². The van der Waals surface area contributed by atoms with Gasteiger partial charge in [-0.1, -0.05) is 31.5 Å². The van der Waals surface area contributed by atoms with E-state index in [1.165, 1.54) is 29.2 Å². The van der Waals surface area contributed by atoms with Gasteiger partial charge in [-0.3, -0.25) is 4.79 Å². The zero-order valence-corrected chi connectivity index (χ0v) is 25.4. The van der Waals surface area contributed by atoms with Crippen LogP contribution >= 0.6 is 0 Å². The SMILES string of the molecule is CCCCOC(=O)N1CCc2c(ccc(NC(=O)c3cc(C(F)(F)F)nn3-c3cccc(CNC(=O)OC(C)(C)C)c3)c2F)C1. The molecule has 45 heavy (non-hydrogen) atoms. The molecule has 1 aromatic heterocycles. The Morgan fingerprint density at radius 3 is 2.51 bits per heavy atom. The van der Waals surface area contributed by atoms with Crippen LogP contribution in [0.2, 0.25) is 0 Å². The van der Waals surface area contributed by atoms with Crippen LogP contribution in [0.5, 0.6) is 0 Å². The highest BCUT2D eigenvalue weighted by molar-refractivity contribution is 6.03. The van der Waals surface area contributed by atoms with Crippen LogP contribution in [0.25, 0.3) is 5.69 Å². The Morgan fingerprint density at radius 1 is 1.07 bits per heavy atom. The molecule has 0 radical (unpaired) electrons. The van der Waals surface area contributed by atoms with E-state index in [0.717, 1.165) is 17.5 Å². The summed E-state index contributed by atoms with van der Waals surface area (Å²) in [5.41, 5.74) is -1.33. The van der Waals surface area contributed by atoms with Crippen LogP contribution in [0, 0.1) is 5.82 Å². The molecule has 3 aromatic rings. The van der Waals surface area contributed by atoms with Crippen LogP contribution in [0.15, 0.2) is 42.5 Å². The highest BCUT2D eigenvalue weighted by Crippen LogP contribution is 2.31. The van der Waals surface area contributed by atoms with Gasteiger partial charge >= 0.3 is 18.4 Å². The first-order valence-electron chi connectivity index (χ1n) is 14.4. The average molecular weight is 634 g/mol. The molecule has 0 saturated heterocycles. The van der Waals surface area contributed by atoms with E-state index < -0.39 is 47.1 Å². The third kappa shape index (κ3) is 8.52. The number of anilines is 1. The number of nitrogens with zero attached hydrogens (tertiary/aromatic N) is 3. The number of ether oxygens (including phenoxy) is 2. The highest BCUT2D eigenvalue weighted by atomic mass is 19.4. The Bertz CT molecular complexity index is 1560. The molecule has 2 aromatic carbocycles. The van der Waals surface area contributed by atoms with Gasteiger partial charge in [0, 0.05) is 25.7 Å². The largest absolute Gasteiger partial charge is 0.449 e. The quantitative estimate of drug-likeness (QED) is 0.213. The van der Waals surface area contributed by atoms with Crippen molar-refractivity contribution < 1.29 is 41.4 Å². The van der Waals surface area contributed by atoms with E-state index in [-0.39, 0.29) is 44.0 Å². The molecular formula is C31H35F4N5O5. The highest BCUT2D eigenvalue weighted by Gasteiger charge is 2.36. The molecule has 242 valence electrons. The first-order valence-corrected chi connectivity index (χ1v) is 14.4. The minimum Gasteiger partial charge on any atom is -0.449 e. The third-order valence-electron chi connectivity index (χ3n) is 6.79. The predicted molar refractivity (Wildman–Crippen MR) is 156 cm³/mol. The normalized spacial score (nSPS) is 13.2. The van der Waals surface area contributed by atoms with Crippen LogP contribution in [0.4, 0.5) is 32.8 Å². The summed E-state index contributed by atoms with van der Waals surface area (Å²) in [6.45, 7) is 7.68. The summed E-state index contributed by atoms with van der Waals surface area (Å²) < 4.78 is 67.8. The van der Waals surface area contributed by atoms with Gasteiger partial charge in [0.25, 0.3) is 5.91 Å². The molecule has 1 aliphatic rings. The summed E-state index contributed by atoms with van der Waals surface area (Å²) in [4.78, 5) is 39.2. The van der Waals surface area contributed by atoms with Crippen LogP contribution in [0.1, 0.15) is 73.4 Å². The van der Waals surface area contributed by atoms with Gasteiger partial charge in [-0.2, -0.15) is 18.3 Å². The van der Waals surface area contributed by atoms with E-state index in [0.29, 0.717) is 22.8 Å². The predicted octanol–water partition coefficient (Wildman–Crippen LogP) is 6.60. The van der Waals surface area contributed by atoms with Gasteiger partial charge < -0.3 is 25.0 Å². The third-order valence-corrected chi connectivity index (χ3v) is 6.79. The van der Waals surface area contributed by atoms with Crippen molar-refractivity contribution in [2.45, 2.75) is 71.8 Å². The first-order chi connectivity index (χ1) is 21.2. The molecule has 0 spiro atoms. The second-order valence-corrected chi connectivity index (χ2v) is 11.5. The molecule has 0 unspecified atom stereocenters. The molecule has 4 rings (SSSR count). The Morgan fingerprint density at radius 2 is 1.82 bits per heavy atom. The zero-order chi connectivity index (χ0) is 32.9. The summed E-state index contributed by atoms with van der Waals surface area (Å²) in [6.07, 6.45) is -4.28. The number of alkyl carbamates (subject to hydrolysis) is 1. The molecule has 2 N–H and O–H groups in total. The number of aromatic nitrogens is 2. The van der Waals surface area contributed by atoms with Crippen LogP contribution < -0.4 is 10.6 Å². The number of hydrogen-bond acceptors (Lipinski definition) is 6. The van der Waals surface area contributed by atoms with Crippen molar-refractivity contribution in [3.05, 3.63) is 76.4 Å². The lowest BCUT2D eigenvalue weighted by molar-refractivity contribution is -0.141. The minimum absolute atomic E-state index is 0.00803. The van der Waals surface area contributed by atoms with Gasteiger partial charge in [0.15, 0.2) is 5.69 Å². The summed E-state index contributed by atoms with van der Waals surface area (Å²) >= 11 is 0. The second kappa shape index (κ2) is 13.6. The lowest BCUT2D eigenvalue weighted by Gasteiger charge is -2.29. The van der Waals surface area contributed by atoms with Gasteiger partial charge in [0.1, 0.15) is 17.1 Å². The van der Waals surface area contributed by atoms with Gasteiger partial charge in [-0.05, 0) is 68.5 Å². The summed E-state index contributed by atoms with van der Waals surface area (Å²) in [6, 6.07) is 9.50. The number of halogens is 4. The molecule has 0 saturated carbocycles. The Kier molecular flexibility index (Phi) is 10.0. The standard InChI is InChI=1S/C31H35F4N5O5/c1-5-6-14-44-29(43)39-13-12-22-20(18-39)10-11-23(26(22)32)37-27(41)24-16-25(31(33,34)35)38-40(24)21-9-7-8-19(15-21)17-36-28(42)45-30(2,3)4/h7-11,15-16H,5-6,12-14,17-18H2,1-4H3,(H,36,42)(H,37,41). The van der Waals surface area contributed by atoms with E-state index in [4.69, 9.17) is 9.47 Å². The lowest BCUT2D eigenvalue weighted by atomic mass is 9.98. The van der Waals surface area contributed by atoms with E-state index >= 15 is 4.39 Å². The number of hydrogen-bond donors (Lipinski definition) is 2. The van der Waals surface area contributed by atoms with Gasteiger partial charge in [0.2, 0.25) is 0 Å². The van der Waals surface area contributed by atoms with Crippen molar-refractivity contribution >= 4 is 23.8 Å². The number of rotatable bonds is 8. The van der Waals surface area contributed by atoms with E-state index in [1.807, 2.05) is 6.92 Å². The van der Waals surface area contributed by atoms with Gasteiger partial charge in [-0.25, -0.2) is 18.7 Å². The van der Waals surface area contributed by atoms with Crippen molar-refractivity contribution in [1.29, 1.82) is 0 Å². The molecule has 10 nitrogen and oxygen atoms in total. The van der Waals surface area contributed by atoms with Crippen molar-refractivity contribution in [3.63, 3.8) is 0 Å². The number of alkyl halides is 3. The minimum atomic E-state index is -4.86. The Balaban J connectivity index is 1.55. The number of unbranched alkanes of at least 4 members (excludes halogenated alkanes) is 1. The second-order valence-electron chi connectivity index (χ2n) is 11.5. The Labute approximate surface area is 257 Å². The molecule has 1 aliphatic heterocycles. The van der Waals surface area contributed by atoms with E-state index in [1.54, 1.807) is 32.9 Å². The number of benzene rings is 2. The molecule has 3 amide bonds. The zero-order valence-electron chi connectivity index (χ0n) is 25.4.